The van der Waals surface area contributed by atoms with Crippen molar-refractivity contribution in [3.05, 3.63) is 0 Å². The number of hydrogen-bond acceptors (Lipinski definition) is 3. The van der Waals surface area contributed by atoms with Crippen LogP contribution in [0.4, 0.5) is 0 Å². The van der Waals surface area contributed by atoms with Gasteiger partial charge in [0.2, 0.25) is 5.91 Å². The number of nitrogens with zero attached hydrogens (tertiary/aromatic N) is 1. The highest BCUT2D eigenvalue weighted by Crippen LogP contribution is 1.94. The molecule has 0 saturated heterocycles. The van der Waals surface area contributed by atoms with E-state index >= 15 is 0 Å². The third kappa shape index (κ3) is 22.6. The van der Waals surface area contributed by atoms with Gasteiger partial charge in [-0.1, -0.05) is 43.1 Å². The Hall–Kier alpha value is -1.06. The van der Waals surface area contributed by atoms with Crippen molar-refractivity contribution in [3.8, 4) is 0 Å². The Morgan fingerprint density at radius 2 is 1.37 bits per heavy atom. The molecule has 19 heavy (non-hydrogen) atoms. The molecule has 0 aromatic heterocycles. The molecule has 0 aliphatic carbocycles. The Bertz CT molecular complexity index is 201. The van der Waals surface area contributed by atoms with E-state index in [9.17, 15) is 9.59 Å². The number of amides is 1. The van der Waals surface area contributed by atoms with E-state index in [1.54, 1.807) is 25.9 Å². The summed E-state index contributed by atoms with van der Waals surface area (Å²) >= 11 is 0. The van der Waals surface area contributed by atoms with Crippen LogP contribution in [0, 0.1) is 5.92 Å². The minimum absolute atomic E-state index is 0. The average molecular weight is 279 g/mol. The lowest BCUT2D eigenvalue weighted by Crippen LogP contribution is -2.26. The van der Waals surface area contributed by atoms with Crippen LogP contribution in [0.1, 0.15) is 63.3 Å². The van der Waals surface area contributed by atoms with Crippen molar-refractivity contribution in [2.45, 2.75) is 69.4 Å². The molecule has 0 aliphatic rings. The van der Waals surface area contributed by atoms with Crippen molar-refractivity contribution in [1.29, 1.82) is 0 Å². The first kappa shape index (κ1) is 30.7. The second-order valence-corrected chi connectivity index (χ2v) is 4.28. The summed E-state index contributed by atoms with van der Waals surface area (Å²) < 4.78 is 4.76. The minimum Gasteiger partial charge on any atom is -0.463 e. The summed E-state index contributed by atoms with van der Waals surface area (Å²) in [6, 6.07) is 0. The number of carbonyl (C=O) groups excluding carboxylic acids is 2. The number of esters is 1. The number of carbonyl (C=O) groups is 2. The fourth-order valence-electron chi connectivity index (χ4n) is 0.863. The van der Waals surface area contributed by atoms with Gasteiger partial charge in [0.05, 0.1) is 6.10 Å². The maximum absolute atomic E-state index is 10.8. The molecular weight excluding hydrogens is 242 g/mol. The third-order valence-corrected chi connectivity index (χ3v) is 1.59. The Labute approximate surface area is 121 Å². The predicted octanol–water partition coefficient (Wildman–Crippen LogP) is 3.99. The Balaban J connectivity index is -0.0000000594. The summed E-state index contributed by atoms with van der Waals surface area (Å²) in [5.41, 5.74) is 0. The van der Waals surface area contributed by atoms with Gasteiger partial charge in [-0.25, -0.2) is 0 Å². The van der Waals surface area contributed by atoms with Gasteiger partial charge in [0.25, 0.3) is 0 Å². The molecule has 120 valence electrons. The van der Waals surface area contributed by atoms with Gasteiger partial charge in [-0.3, -0.25) is 9.59 Å². The van der Waals surface area contributed by atoms with Crippen LogP contribution in [-0.2, 0) is 14.3 Å². The van der Waals surface area contributed by atoms with Crippen LogP contribution in [-0.4, -0.2) is 37.0 Å². The SMILES string of the molecule is C.C.C.CC(C)C(=O)N(C)C.CCC(=O)OC(C)C. The van der Waals surface area contributed by atoms with E-state index < -0.39 is 0 Å². The lowest BCUT2D eigenvalue weighted by Gasteiger charge is -2.11. The molecule has 0 bridgehead atoms. The van der Waals surface area contributed by atoms with Gasteiger partial charge in [-0.2, -0.15) is 0 Å². The maximum Gasteiger partial charge on any atom is 0.305 e. The fraction of sp³-hybridized carbons (Fsp3) is 0.867. The van der Waals surface area contributed by atoms with Crippen LogP contribution in [0.15, 0.2) is 0 Å². The summed E-state index contributed by atoms with van der Waals surface area (Å²) in [4.78, 5) is 22.8. The Morgan fingerprint density at radius 1 is 1.00 bits per heavy atom. The molecule has 1 amide bonds. The highest BCUT2D eigenvalue weighted by Gasteiger charge is 2.06. The molecule has 0 atom stereocenters. The van der Waals surface area contributed by atoms with Crippen molar-refractivity contribution >= 4 is 11.9 Å². The summed E-state index contributed by atoms with van der Waals surface area (Å²) in [5, 5.41) is 0. The number of ether oxygens (including phenoxy) is 1. The zero-order valence-electron chi connectivity index (χ0n) is 11.5. The van der Waals surface area contributed by atoms with E-state index in [1.807, 2.05) is 27.7 Å². The quantitative estimate of drug-likeness (QED) is 0.734. The summed E-state index contributed by atoms with van der Waals surface area (Å²) in [5.74, 6) is 0.190. The molecule has 0 aromatic carbocycles. The van der Waals surface area contributed by atoms with E-state index in [0.29, 0.717) is 6.42 Å². The van der Waals surface area contributed by atoms with E-state index in [1.165, 1.54) is 0 Å². The molecule has 0 radical (unpaired) electrons. The van der Waals surface area contributed by atoms with Crippen LogP contribution < -0.4 is 0 Å². The van der Waals surface area contributed by atoms with Crippen molar-refractivity contribution in [2.75, 3.05) is 14.1 Å². The van der Waals surface area contributed by atoms with Gasteiger partial charge in [-0.15, -0.1) is 0 Å². The van der Waals surface area contributed by atoms with E-state index in [4.69, 9.17) is 4.74 Å². The van der Waals surface area contributed by atoms with Crippen molar-refractivity contribution < 1.29 is 14.3 Å². The monoisotopic (exact) mass is 279 g/mol. The molecule has 0 aliphatic heterocycles. The van der Waals surface area contributed by atoms with Gasteiger partial charge in [-0.05, 0) is 13.8 Å². The van der Waals surface area contributed by atoms with Crippen LogP contribution in [0.5, 0.6) is 0 Å². The number of hydrogen-bond donors (Lipinski definition) is 0. The standard InChI is InChI=1S/C6H13NO.C6H12O2.3CH4/c1-5(2)6(8)7(3)4;1-4-6(7)8-5(2)3;;;/h5H,1-4H3;5H,4H2,1-3H3;3*1H4. The first-order chi connectivity index (χ1) is 7.22. The largest absolute Gasteiger partial charge is 0.463 e. The normalized spacial score (nSPS) is 8.05. The van der Waals surface area contributed by atoms with Gasteiger partial charge in [0.1, 0.15) is 0 Å². The van der Waals surface area contributed by atoms with Gasteiger partial charge in [0, 0.05) is 26.4 Å². The smallest absolute Gasteiger partial charge is 0.305 e. The predicted molar refractivity (Wildman–Crippen MR) is 85.2 cm³/mol. The molecule has 0 fully saturated rings. The minimum atomic E-state index is -0.125. The van der Waals surface area contributed by atoms with Crippen molar-refractivity contribution in [2.24, 2.45) is 5.92 Å². The molecule has 0 aromatic rings. The number of rotatable bonds is 3. The molecule has 4 heteroatoms. The van der Waals surface area contributed by atoms with E-state index in [-0.39, 0.29) is 46.2 Å². The summed E-state index contributed by atoms with van der Waals surface area (Å²) in [7, 11) is 3.53. The lowest BCUT2D eigenvalue weighted by atomic mass is 10.2. The van der Waals surface area contributed by atoms with Crippen LogP contribution in [0.25, 0.3) is 0 Å². The van der Waals surface area contributed by atoms with Gasteiger partial charge < -0.3 is 9.64 Å². The topological polar surface area (TPSA) is 46.6 Å². The maximum atomic E-state index is 10.8. The van der Waals surface area contributed by atoms with Crippen LogP contribution in [0.2, 0.25) is 0 Å². The molecule has 0 heterocycles. The zero-order valence-corrected chi connectivity index (χ0v) is 11.5. The van der Waals surface area contributed by atoms with Crippen LogP contribution >= 0.6 is 0 Å². The average Bonchev–Trinajstić information content (AvgIpc) is 2.16. The molecule has 0 saturated carbocycles. The first-order valence-corrected chi connectivity index (χ1v) is 5.62. The van der Waals surface area contributed by atoms with Gasteiger partial charge in [0.15, 0.2) is 0 Å². The second-order valence-electron chi connectivity index (χ2n) is 4.28. The molecule has 4 nitrogen and oxygen atoms in total. The first-order valence-electron chi connectivity index (χ1n) is 5.62. The third-order valence-electron chi connectivity index (χ3n) is 1.59. The second kappa shape index (κ2) is 16.9. The van der Waals surface area contributed by atoms with Gasteiger partial charge >= 0.3 is 5.97 Å². The molecule has 0 N–H and O–H groups in total. The van der Waals surface area contributed by atoms with Crippen molar-refractivity contribution in [1.82, 2.24) is 4.90 Å². The van der Waals surface area contributed by atoms with E-state index in [0.717, 1.165) is 0 Å². The highest BCUT2D eigenvalue weighted by atomic mass is 16.5. The van der Waals surface area contributed by atoms with Crippen molar-refractivity contribution in [3.63, 3.8) is 0 Å². The Morgan fingerprint density at radius 3 is 1.42 bits per heavy atom. The highest BCUT2D eigenvalue weighted by molar-refractivity contribution is 5.77. The Kier molecular flexibility index (Phi) is 27.4. The van der Waals surface area contributed by atoms with Crippen LogP contribution in [0.3, 0.4) is 0 Å². The lowest BCUT2D eigenvalue weighted by molar-refractivity contribution is -0.146. The van der Waals surface area contributed by atoms with E-state index in [2.05, 4.69) is 0 Å². The summed E-state index contributed by atoms with van der Waals surface area (Å²) in [6.07, 6.45) is 0.500. The fourth-order valence-corrected chi connectivity index (χ4v) is 0.863. The molecule has 0 unspecified atom stereocenters. The zero-order chi connectivity index (χ0) is 13.3. The molecule has 0 rings (SSSR count). The summed E-state index contributed by atoms with van der Waals surface area (Å²) in [6.45, 7) is 9.25. The molecule has 0 spiro atoms. The molecular formula is C15H37NO3.